The molecule has 0 aromatic heterocycles. The number of benzene rings is 1. The van der Waals surface area contributed by atoms with E-state index in [-0.39, 0.29) is 23.1 Å². The Morgan fingerprint density at radius 2 is 2.26 bits per heavy atom. The first-order valence-electron chi connectivity index (χ1n) is 6.45. The summed E-state index contributed by atoms with van der Waals surface area (Å²) in [6, 6.07) is 3.97. The zero-order chi connectivity index (χ0) is 14.0. The topological polar surface area (TPSA) is 49.3 Å². The molecule has 5 heteroatoms. The molecule has 1 aromatic rings. The Kier molecular flexibility index (Phi) is 4.42. The van der Waals surface area contributed by atoms with Gasteiger partial charge in [-0.05, 0) is 43.4 Å². The molecule has 1 aliphatic carbocycles. The quantitative estimate of drug-likeness (QED) is 0.894. The van der Waals surface area contributed by atoms with Gasteiger partial charge in [-0.3, -0.25) is 4.79 Å². The number of amides is 1. The van der Waals surface area contributed by atoms with Crippen LogP contribution >= 0.6 is 11.6 Å². The number of aliphatic hydroxyl groups is 1. The lowest BCUT2D eigenvalue weighted by Crippen LogP contribution is -2.46. The molecular formula is C14H17ClFNO2. The van der Waals surface area contributed by atoms with Gasteiger partial charge >= 0.3 is 0 Å². The van der Waals surface area contributed by atoms with Gasteiger partial charge in [0.1, 0.15) is 5.82 Å². The summed E-state index contributed by atoms with van der Waals surface area (Å²) >= 11 is 5.66. The highest BCUT2D eigenvalue weighted by molar-refractivity contribution is 6.31. The molecule has 3 nitrogen and oxygen atoms in total. The smallest absolute Gasteiger partial charge is 0.251 e. The third-order valence-electron chi connectivity index (χ3n) is 3.66. The molecule has 1 amide bonds. The van der Waals surface area contributed by atoms with Crippen LogP contribution in [0.25, 0.3) is 0 Å². The second-order valence-electron chi connectivity index (χ2n) is 5.00. The van der Waals surface area contributed by atoms with E-state index in [9.17, 15) is 14.3 Å². The van der Waals surface area contributed by atoms with Crippen LogP contribution in [0, 0.1) is 11.7 Å². The van der Waals surface area contributed by atoms with Gasteiger partial charge in [0.25, 0.3) is 5.91 Å². The Balaban J connectivity index is 2.00. The van der Waals surface area contributed by atoms with Crippen molar-refractivity contribution in [2.75, 3.05) is 0 Å². The van der Waals surface area contributed by atoms with Crippen LogP contribution in [-0.4, -0.2) is 23.2 Å². The van der Waals surface area contributed by atoms with Gasteiger partial charge in [-0.1, -0.05) is 18.5 Å². The molecule has 0 bridgehead atoms. The van der Waals surface area contributed by atoms with Crippen molar-refractivity contribution in [2.45, 2.75) is 38.3 Å². The lowest BCUT2D eigenvalue weighted by atomic mass is 9.76. The fourth-order valence-electron chi connectivity index (χ4n) is 2.40. The molecule has 0 radical (unpaired) electrons. The predicted octanol–water partition coefficient (Wildman–Crippen LogP) is 2.76. The first-order chi connectivity index (χ1) is 9.01. The van der Waals surface area contributed by atoms with Crippen molar-refractivity contribution < 1.29 is 14.3 Å². The van der Waals surface area contributed by atoms with Crippen LogP contribution in [0.3, 0.4) is 0 Å². The zero-order valence-corrected chi connectivity index (χ0v) is 11.5. The van der Waals surface area contributed by atoms with Crippen molar-refractivity contribution in [1.82, 2.24) is 5.32 Å². The van der Waals surface area contributed by atoms with Crippen LogP contribution in [0.4, 0.5) is 4.39 Å². The summed E-state index contributed by atoms with van der Waals surface area (Å²) in [5.41, 5.74) is 0.352. The number of carbonyl (C=O) groups excluding carboxylic acids is 1. The monoisotopic (exact) mass is 285 g/mol. The maximum Gasteiger partial charge on any atom is 0.251 e. The number of hydrogen-bond donors (Lipinski definition) is 2. The van der Waals surface area contributed by atoms with Gasteiger partial charge < -0.3 is 10.4 Å². The van der Waals surface area contributed by atoms with Gasteiger partial charge in [0.2, 0.25) is 0 Å². The maximum absolute atomic E-state index is 13.0. The molecule has 2 N–H and O–H groups in total. The molecule has 1 aromatic carbocycles. The first kappa shape index (κ1) is 14.3. The normalized spacial score (nSPS) is 23.6. The summed E-state index contributed by atoms with van der Waals surface area (Å²) in [5, 5.41) is 12.2. The van der Waals surface area contributed by atoms with Crippen molar-refractivity contribution in [3.05, 3.63) is 34.6 Å². The molecule has 19 heavy (non-hydrogen) atoms. The first-order valence-corrected chi connectivity index (χ1v) is 6.83. The van der Waals surface area contributed by atoms with Gasteiger partial charge in [-0.15, -0.1) is 0 Å². The summed E-state index contributed by atoms with van der Waals surface area (Å²) in [6.45, 7) is 1.99. The second-order valence-corrected chi connectivity index (χ2v) is 5.41. The SMILES string of the molecule is CC[C@H](NC(=O)c1ccc(F)c(Cl)c1)C1CC(O)C1. The van der Waals surface area contributed by atoms with E-state index >= 15 is 0 Å². The number of halogens is 2. The molecule has 2 rings (SSSR count). The summed E-state index contributed by atoms with van der Waals surface area (Å²) in [7, 11) is 0. The van der Waals surface area contributed by atoms with Crippen molar-refractivity contribution >= 4 is 17.5 Å². The van der Waals surface area contributed by atoms with E-state index in [2.05, 4.69) is 5.32 Å². The second kappa shape index (κ2) is 5.88. The van der Waals surface area contributed by atoms with Crippen LogP contribution in [0.15, 0.2) is 18.2 Å². The van der Waals surface area contributed by atoms with Crippen molar-refractivity contribution in [3.8, 4) is 0 Å². The van der Waals surface area contributed by atoms with Crippen LogP contribution in [0.5, 0.6) is 0 Å². The highest BCUT2D eigenvalue weighted by atomic mass is 35.5. The average molecular weight is 286 g/mol. The lowest BCUT2D eigenvalue weighted by Gasteiger charge is -2.37. The fraction of sp³-hybridized carbons (Fsp3) is 0.500. The molecule has 1 fully saturated rings. The van der Waals surface area contributed by atoms with Crippen LogP contribution < -0.4 is 5.32 Å². The molecule has 0 spiro atoms. The fourth-order valence-corrected chi connectivity index (χ4v) is 2.58. The average Bonchev–Trinajstić information content (AvgIpc) is 2.35. The van der Waals surface area contributed by atoms with Gasteiger partial charge in [0.05, 0.1) is 11.1 Å². The molecule has 0 saturated heterocycles. The molecule has 1 saturated carbocycles. The number of hydrogen-bond acceptors (Lipinski definition) is 2. The zero-order valence-electron chi connectivity index (χ0n) is 10.7. The van der Waals surface area contributed by atoms with Gasteiger partial charge in [0.15, 0.2) is 0 Å². The third-order valence-corrected chi connectivity index (χ3v) is 3.95. The molecule has 0 aliphatic heterocycles. The van der Waals surface area contributed by atoms with E-state index in [1.807, 2.05) is 6.92 Å². The van der Waals surface area contributed by atoms with Crippen molar-refractivity contribution in [2.24, 2.45) is 5.92 Å². The number of nitrogens with one attached hydrogen (secondary N) is 1. The Morgan fingerprint density at radius 1 is 1.58 bits per heavy atom. The van der Waals surface area contributed by atoms with Gasteiger partial charge in [0, 0.05) is 11.6 Å². The Labute approximate surface area is 116 Å². The van der Waals surface area contributed by atoms with E-state index in [0.717, 1.165) is 19.3 Å². The molecule has 1 atom stereocenters. The molecule has 0 unspecified atom stereocenters. The van der Waals surface area contributed by atoms with E-state index in [4.69, 9.17) is 11.6 Å². The summed E-state index contributed by atoms with van der Waals surface area (Å²) in [5.74, 6) is -0.470. The summed E-state index contributed by atoms with van der Waals surface area (Å²) in [4.78, 5) is 12.0. The van der Waals surface area contributed by atoms with E-state index in [1.165, 1.54) is 18.2 Å². The van der Waals surface area contributed by atoms with Crippen LogP contribution in [0.1, 0.15) is 36.5 Å². The Morgan fingerprint density at radius 3 is 2.79 bits per heavy atom. The van der Waals surface area contributed by atoms with Crippen molar-refractivity contribution in [1.29, 1.82) is 0 Å². The minimum absolute atomic E-state index is 0.0414. The Hall–Kier alpha value is -1.13. The standard InChI is InChI=1S/C14H17ClFNO2/c1-2-13(9-5-10(18)6-9)17-14(19)8-3-4-12(16)11(15)7-8/h3-4,7,9-10,13,18H,2,5-6H2,1H3,(H,17,19)/t9?,10?,13-/m0/s1. The van der Waals surface area contributed by atoms with Crippen molar-refractivity contribution in [3.63, 3.8) is 0 Å². The minimum atomic E-state index is -0.535. The summed E-state index contributed by atoms with van der Waals surface area (Å²) < 4.78 is 13.0. The van der Waals surface area contributed by atoms with Crippen LogP contribution in [-0.2, 0) is 0 Å². The number of aliphatic hydroxyl groups excluding tert-OH is 1. The summed E-state index contributed by atoms with van der Waals surface area (Å²) in [6.07, 6.45) is 2.01. The number of carbonyl (C=O) groups is 1. The molecular weight excluding hydrogens is 269 g/mol. The van der Waals surface area contributed by atoms with E-state index in [1.54, 1.807) is 0 Å². The highest BCUT2D eigenvalue weighted by Crippen LogP contribution is 2.31. The Bertz CT molecular complexity index is 475. The molecule has 1 aliphatic rings. The molecule has 104 valence electrons. The largest absolute Gasteiger partial charge is 0.393 e. The molecule has 0 heterocycles. The van der Waals surface area contributed by atoms with Gasteiger partial charge in [-0.2, -0.15) is 0 Å². The third kappa shape index (κ3) is 3.25. The van der Waals surface area contributed by atoms with Crippen LogP contribution in [0.2, 0.25) is 5.02 Å². The number of rotatable bonds is 4. The highest BCUT2D eigenvalue weighted by Gasteiger charge is 2.33. The lowest BCUT2D eigenvalue weighted by molar-refractivity contribution is 0.0232. The van der Waals surface area contributed by atoms with E-state index < -0.39 is 5.82 Å². The predicted molar refractivity (Wildman–Crippen MR) is 71.7 cm³/mol. The minimum Gasteiger partial charge on any atom is -0.393 e. The van der Waals surface area contributed by atoms with E-state index in [0.29, 0.717) is 11.5 Å². The van der Waals surface area contributed by atoms with Gasteiger partial charge in [-0.25, -0.2) is 4.39 Å². The maximum atomic E-state index is 13.0.